The van der Waals surface area contributed by atoms with Crippen molar-refractivity contribution in [3.05, 3.63) is 23.8 Å². The van der Waals surface area contributed by atoms with E-state index in [0.717, 1.165) is 0 Å². The van der Waals surface area contributed by atoms with Gasteiger partial charge in [0.2, 0.25) is 0 Å². The highest BCUT2D eigenvalue weighted by Gasteiger charge is 1.83. The molecular formula is C7H10O2. The number of aldehydes is 1. The van der Waals surface area contributed by atoms with Crippen LogP contribution in [-0.2, 0) is 4.79 Å². The van der Waals surface area contributed by atoms with Crippen LogP contribution in [0.1, 0.15) is 6.92 Å². The fourth-order valence-corrected chi connectivity index (χ4v) is 0.453. The van der Waals surface area contributed by atoms with Crippen LogP contribution in [0.5, 0.6) is 0 Å². The molecule has 0 radical (unpaired) electrons. The summed E-state index contributed by atoms with van der Waals surface area (Å²) >= 11 is 0. The van der Waals surface area contributed by atoms with Crippen molar-refractivity contribution >= 4 is 6.29 Å². The molecule has 9 heavy (non-hydrogen) atoms. The molecule has 0 heterocycles. The Labute approximate surface area is 54.5 Å². The maximum atomic E-state index is 10.1. The first-order valence-corrected chi connectivity index (χ1v) is 2.74. The van der Waals surface area contributed by atoms with Crippen molar-refractivity contribution in [2.45, 2.75) is 6.92 Å². The first kappa shape index (κ1) is 8.11. The van der Waals surface area contributed by atoms with E-state index in [4.69, 9.17) is 5.11 Å². The van der Waals surface area contributed by atoms with Gasteiger partial charge in [0.25, 0.3) is 0 Å². The molecular weight excluding hydrogens is 116 g/mol. The summed E-state index contributed by atoms with van der Waals surface area (Å²) in [6, 6.07) is 0. The average molecular weight is 126 g/mol. The van der Waals surface area contributed by atoms with E-state index in [-0.39, 0.29) is 6.61 Å². The van der Waals surface area contributed by atoms with E-state index in [1.54, 1.807) is 12.2 Å². The van der Waals surface area contributed by atoms with Crippen molar-refractivity contribution in [3.63, 3.8) is 0 Å². The summed E-state index contributed by atoms with van der Waals surface area (Å²) in [5, 5.41) is 8.33. The maximum absolute atomic E-state index is 10.1. The van der Waals surface area contributed by atoms with Crippen LogP contribution in [0.4, 0.5) is 0 Å². The lowest BCUT2D eigenvalue weighted by molar-refractivity contribution is -0.104. The van der Waals surface area contributed by atoms with Crippen LogP contribution in [0.3, 0.4) is 0 Å². The van der Waals surface area contributed by atoms with Gasteiger partial charge in [-0.25, -0.2) is 0 Å². The van der Waals surface area contributed by atoms with Gasteiger partial charge in [0.05, 0.1) is 6.61 Å². The first-order chi connectivity index (χ1) is 4.35. The van der Waals surface area contributed by atoms with Crippen LogP contribution in [0, 0.1) is 0 Å². The molecule has 0 aromatic heterocycles. The zero-order valence-electron chi connectivity index (χ0n) is 5.37. The average Bonchev–Trinajstić information content (AvgIpc) is 1.88. The smallest absolute Gasteiger partial charge is 0.149 e. The van der Waals surface area contributed by atoms with Crippen molar-refractivity contribution in [1.29, 1.82) is 0 Å². The number of aliphatic hydroxyl groups is 1. The number of hydrogen-bond donors (Lipinski definition) is 1. The fourth-order valence-electron chi connectivity index (χ4n) is 0.453. The molecule has 0 fully saturated rings. The largest absolute Gasteiger partial charge is 0.392 e. The molecule has 0 aromatic rings. The number of carbonyl (C=O) groups excluding carboxylic acids is 1. The van der Waals surface area contributed by atoms with Crippen molar-refractivity contribution < 1.29 is 9.90 Å². The predicted molar refractivity (Wildman–Crippen MR) is 36.0 cm³/mol. The molecule has 0 saturated heterocycles. The minimum absolute atomic E-state index is 0.0849. The highest BCUT2D eigenvalue weighted by Crippen LogP contribution is 1.89. The number of hydrogen-bond acceptors (Lipinski definition) is 2. The standard InChI is InChI=1S/C7H10O2/c1-2-3-7(6-9)4-5-8/h2-4,6,8H,5H2,1H3/b3-2-,7-4+. The third-order valence-electron chi connectivity index (χ3n) is 0.822. The molecule has 0 unspecified atom stereocenters. The first-order valence-electron chi connectivity index (χ1n) is 2.74. The lowest BCUT2D eigenvalue weighted by atomic mass is 10.2. The maximum Gasteiger partial charge on any atom is 0.149 e. The Morgan fingerprint density at radius 3 is 2.67 bits per heavy atom. The monoisotopic (exact) mass is 126 g/mol. The Morgan fingerprint density at radius 1 is 1.67 bits per heavy atom. The SMILES string of the molecule is C/C=C\C(C=O)=C/CO. The second-order valence-electron chi connectivity index (χ2n) is 1.50. The molecule has 0 atom stereocenters. The Kier molecular flexibility index (Phi) is 4.73. The van der Waals surface area contributed by atoms with E-state index >= 15 is 0 Å². The Bertz CT molecular complexity index is 134. The fraction of sp³-hybridized carbons (Fsp3) is 0.286. The summed E-state index contributed by atoms with van der Waals surface area (Å²) in [4.78, 5) is 10.1. The molecule has 0 saturated carbocycles. The molecule has 0 rings (SSSR count). The summed E-state index contributed by atoms with van der Waals surface area (Å²) in [5.74, 6) is 0. The summed E-state index contributed by atoms with van der Waals surface area (Å²) in [6.07, 6.45) is 5.54. The molecule has 0 aliphatic heterocycles. The van der Waals surface area contributed by atoms with E-state index in [1.165, 1.54) is 6.08 Å². The number of rotatable bonds is 3. The Balaban J connectivity index is 3.97. The van der Waals surface area contributed by atoms with E-state index in [0.29, 0.717) is 11.9 Å². The number of aliphatic hydroxyl groups excluding tert-OH is 1. The van der Waals surface area contributed by atoms with Gasteiger partial charge in [-0.1, -0.05) is 12.2 Å². The van der Waals surface area contributed by atoms with Gasteiger partial charge >= 0.3 is 0 Å². The second kappa shape index (κ2) is 5.25. The van der Waals surface area contributed by atoms with Gasteiger partial charge in [-0.3, -0.25) is 4.79 Å². The zero-order valence-corrected chi connectivity index (χ0v) is 5.37. The van der Waals surface area contributed by atoms with E-state index in [2.05, 4.69) is 0 Å². The molecule has 0 aromatic carbocycles. The predicted octanol–water partition coefficient (Wildman–Crippen LogP) is 0.680. The van der Waals surface area contributed by atoms with Crippen LogP contribution < -0.4 is 0 Å². The third-order valence-corrected chi connectivity index (χ3v) is 0.822. The molecule has 0 aliphatic carbocycles. The van der Waals surface area contributed by atoms with Crippen molar-refractivity contribution in [2.24, 2.45) is 0 Å². The van der Waals surface area contributed by atoms with Crippen molar-refractivity contribution in [2.75, 3.05) is 6.61 Å². The summed E-state index contributed by atoms with van der Waals surface area (Å²) in [7, 11) is 0. The quantitative estimate of drug-likeness (QED) is 0.343. The van der Waals surface area contributed by atoms with E-state index in [9.17, 15) is 4.79 Å². The Morgan fingerprint density at radius 2 is 2.33 bits per heavy atom. The number of carbonyl (C=O) groups is 1. The lowest BCUT2D eigenvalue weighted by Gasteiger charge is -1.84. The molecule has 50 valence electrons. The van der Waals surface area contributed by atoms with Gasteiger partial charge in [0.15, 0.2) is 0 Å². The van der Waals surface area contributed by atoms with Crippen LogP contribution >= 0.6 is 0 Å². The molecule has 2 heteroatoms. The van der Waals surface area contributed by atoms with Gasteiger partial charge in [-0.2, -0.15) is 0 Å². The minimum atomic E-state index is -0.0849. The lowest BCUT2D eigenvalue weighted by Crippen LogP contribution is -1.81. The molecule has 0 bridgehead atoms. The Hall–Kier alpha value is -0.890. The minimum Gasteiger partial charge on any atom is -0.392 e. The second-order valence-corrected chi connectivity index (χ2v) is 1.50. The van der Waals surface area contributed by atoms with Gasteiger partial charge < -0.3 is 5.11 Å². The van der Waals surface area contributed by atoms with Gasteiger partial charge in [-0.05, 0) is 13.0 Å². The topological polar surface area (TPSA) is 37.3 Å². The third kappa shape index (κ3) is 3.67. The van der Waals surface area contributed by atoms with Crippen molar-refractivity contribution in [3.8, 4) is 0 Å². The molecule has 1 N–H and O–H groups in total. The van der Waals surface area contributed by atoms with Crippen LogP contribution in [0.2, 0.25) is 0 Å². The van der Waals surface area contributed by atoms with Gasteiger partial charge in [0, 0.05) is 5.57 Å². The summed E-state index contributed by atoms with van der Waals surface area (Å²) in [6.45, 7) is 1.73. The summed E-state index contributed by atoms with van der Waals surface area (Å²) in [5.41, 5.74) is 0.514. The highest BCUT2D eigenvalue weighted by molar-refractivity contribution is 5.77. The van der Waals surface area contributed by atoms with E-state index in [1.807, 2.05) is 6.92 Å². The highest BCUT2D eigenvalue weighted by atomic mass is 16.2. The summed E-state index contributed by atoms with van der Waals surface area (Å²) < 4.78 is 0. The van der Waals surface area contributed by atoms with Gasteiger partial charge in [0.1, 0.15) is 6.29 Å². The zero-order chi connectivity index (χ0) is 7.11. The van der Waals surface area contributed by atoms with Crippen LogP contribution in [0.15, 0.2) is 23.8 Å². The number of allylic oxidation sites excluding steroid dienone is 3. The molecule has 0 amide bonds. The van der Waals surface area contributed by atoms with Crippen LogP contribution in [0.25, 0.3) is 0 Å². The molecule has 0 aliphatic rings. The van der Waals surface area contributed by atoms with Crippen molar-refractivity contribution in [1.82, 2.24) is 0 Å². The van der Waals surface area contributed by atoms with Crippen LogP contribution in [-0.4, -0.2) is 18.0 Å². The van der Waals surface area contributed by atoms with Gasteiger partial charge in [-0.15, -0.1) is 0 Å². The van der Waals surface area contributed by atoms with E-state index < -0.39 is 0 Å². The normalized spacial score (nSPS) is 12.4. The molecule has 0 spiro atoms. The molecule has 2 nitrogen and oxygen atoms in total.